The van der Waals surface area contributed by atoms with Crippen LogP contribution < -0.4 is 5.32 Å². The summed E-state index contributed by atoms with van der Waals surface area (Å²) in [5.41, 5.74) is 0.349. The predicted molar refractivity (Wildman–Crippen MR) is 92.7 cm³/mol. The molecule has 2 saturated heterocycles. The second kappa shape index (κ2) is 7.36. The smallest absolute Gasteiger partial charge is 0.273 e. The van der Waals surface area contributed by atoms with Crippen molar-refractivity contribution in [3.8, 4) is 0 Å². The largest absolute Gasteiger partial charge is 0.378 e. The Labute approximate surface area is 152 Å². The van der Waals surface area contributed by atoms with Gasteiger partial charge in [-0.15, -0.1) is 0 Å². The molecule has 8 nitrogen and oxygen atoms in total. The Balaban J connectivity index is 1.28. The number of nitrogens with zero attached hydrogens (tertiary/aromatic N) is 3. The average Bonchev–Trinajstić information content (AvgIpc) is 3.27. The molecule has 26 heavy (non-hydrogen) atoms. The first-order valence-electron chi connectivity index (χ1n) is 9.45. The maximum Gasteiger partial charge on any atom is 0.273 e. The number of nitrogens with one attached hydrogen (secondary N) is 1. The van der Waals surface area contributed by atoms with Gasteiger partial charge in [-0.2, -0.15) is 0 Å². The number of morpholine rings is 1. The highest BCUT2D eigenvalue weighted by atomic mass is 16.5. The van der Waals surface area contributed by atoms with Crippen LogP contribution in [-0.2, 0) is 9.53 Å². The fraction of sp³-hybridized carbons (Fsp3) is 0.722. The van der Waals surface area contributed by atoms with Gasteiger partial charge in [-0.3, -0.25) is 14.5 Å². The van der Waals surface area contributed by atoms with E-state index in [1.165, 1.54) is 0 Å². The summed E-state index contributed by atoms with van der Waals surface area (Å²) in [5, 5.41) is 6.95. The van der Waals surface area contributed by atoms with Crippen molar-refractivity contribution in [2.45, 2.75) is 31.7 Å². The Kier molecular flexibility index (Phi) is 4.95. The minimum atomic E-state index is -0.196. The van der Waals surface area contributed by atoms with E-state index >= 15 is 0 Å². The van der Waals surface area contributed by atoms with Gasteiger partial charge in [-0.1, -0.05) is 12.1 Å². The molecule has 2 atom stereocenters. The Morgan fingerprint density at radius 2 is 2.04 bits per heavy atom. The van der Waals surface area contributed by atoms with Gasteiger partial charge in [0.15, 0.2) is 5.69 Å². The van der Waals surface area contributed by atoms with E-state index in [9.17, 15) is 9.59 Å². The van der Waals surface area contributed by atoms with Gasteiger partial charge in [0.2, 0.25) is 5.91 Å². The lowest BCUT2D eigenvalue weighted by Crippen LogP contribution is -2.46. The van der Waals surface area contributed by atoms with Gasteiger partial charge >= 0.3 is 0 Å². The number of ether oxygens (including phenoxy) is 1. The quantitative estimate of drug-likeness (QED) is 0.819. The summed E-state index contributed by atoms with van der Waals surface area (Å²) in [6, 6.07) is 1.77. The second-order valence-electron chi connectivity index (χ2n) is 7.63. The van der Waals surface area contributed by atoms with Gasteiger partial charge < -0.3 is 19.5 Å². The molecule has 3 fully saturated rings. The average molecular weight is 362 g/mol. The number of carbonyl (C=O) groups excluding carboxylic acids is 2. The number of carbonyl (C=O) groups is 2. The van der Waals surface area contributed by atoms with Crippen molar-refractivity contribution in [1.29, 1.82) is 0 Å². The second-order valence-corrected chi connectivity index (χ2v) is 7.63. The van der Waals surface area contributed by atoms with Crippen LogP contribution in [0.2, 0.25) is 0 Å². The maximum atomic E-state index is 12.4. The van der Waals surface area contributed by atoms with Crippen LogP contribution in [0.25, 0.3) is 0 Å². The highest BCUT2D eigenvalue weighted by Gasteiger charge is 2.34. The molecule has 0 bridgehead atoms. The molecule has 1 N–H and O–H groups in total. The lowest BCUT2D eigenvalue weighted by Gasteiger charge is -2.28. The maximum absolute atomic E-state index is 12.4. The van der Waals surface area contributed by atoms with Crippen molar-refractivity contribution >= 4 is 11.8 Å². The van der Waals surface area contributed by atoms with Crippen LogP contribution in [-0.4, -0.2) is 78.8 Å². The number of amides is 2. The van der Waals surface area contributed by atoms with Crippen LogP contribution in [0.5, 0.6) is 0 Å². The number of aromatic nitrogens is 1. The van der Waals surface area contributed by atoms with E-state index in [0.717, 1.165) is 25.1 Å². The van der Waals surface area contributed by atoms with Crippen molar-refractivity contribution in [3.05, 3.63) is 17.5 Å². The van der Waals surface area contributed by atoms with Crippen molar-refractivity contribution in [2.24, 2.45) is 5.92 Å². The minimum absolute atomic E-state index is 0.0149. The monoisotopic (exact) mass is 362 g/mol. The Morgan fingerprint density at radius 1 is 1.27 bits per heavy atom. The molecule has 1 aliphatic carbocycles. The van der Waals surface area contributed by atoms with Crippen molar-refractivity contribution in [3.63, 3.8) is 0 Å². The molecule has 142 valence electrons. The third kappa shape index (κ3) is 3.91. The molecule has 1 aromatic heterocycles. The number of rotatable bonds is 5. The van der Waals surface area contributed by atoms with E-state index in [0.29, 0.717) is 51.0 Å². The van der Waals surface area contributed by atoms with E-state index < -0.39 is 0 Å². The molecule has 2 amide bonds. The van der Waals surface area contributed by atoms with Crippen LogP contribution in [0, 0.1) is 5.92 Å². The van der Waals surface area contributed by atoms with E-state index in [1.807, 2.05) is 4.90 Å². The predicted octanol–water partition coefficient (Wildman–Crippen LogP) is 0.461. The highest BCUT2D eigenvalue weighted by Crippen LogP contribution is 2.40. The zero-order valence-corrected chi connectivity index (χ0v) is 15.1. The summed E-state index contributed by atoms with van der Waals surface area (Å²) in [6.45, 7) is 6.52. The summed E-state index contributed by atoms with van der Waals surface area (Å²) in [4.78, 5) is 28.8. The van der Waals surface area contributed by atoms with E-state index in [4.69, 9.17) is 9.26 Å². The number of hydrogen-bond donors (Lipinski definition) is 1. The van der Waals surface area contributed by atoms with Crippen LogP contribution in [0.1, 0.15) is 41.9 Å². The van der Waals surface area contributed by atoms with Gasteiger partial charge in [0.1, 0.15) is 5.76 Å². The zero-order chi connectivity index (χ0) is 18.1. The van der Waals surface area contributed by atoms with Gasteiger partial charge in [0, 0.05) is 44.2 Å². The van der Waals surface area contributed by atoms with Crippen LogP contribution in [0.4, 0.5) is 0 Å². The molecule has 8 heteroatoms. The molecule has 1 aromatic rings. The fourth-order valence-corrected chi connectivity index (χ4v) is 3.69. The third-order valence-electron chi connectivity index (χ3n) is 5.47. The van der Waals surface area contributed by atoms with E-state index in [1.54, 1.807) is 6.07 Å². The first-order valence-corrected chi connectivity index (χ1v) is 9.45. The molecule has 0 spiro atoms. The lowest BCUT2D eigenvalue weighted by atomic mass is 10.1. The first-order chi connectivity index (χ1) is 12.6. The Morgan fingerprint density at radius 3 is 2.77 bits per heavy atom. The molecule has 1 saturated carbocycles. The molecule has 0 unspecified atom stereocenters. The van der Waals surface area contributed by atoms with E-state index in [2.05, 4.69) is 22.3 Å². The van der Waals surface area contributed by atoms with Gasteiger partial charge in [0.25, 0.3) is 5.91 Å². The Hall–Kier alpha value is -1.93. The molecular weight excluding hydrogens is 336 g/mol. The van der Waals surface area contributed by atoms with Crippen LogP contribution in [0.3, 0.4) is 0 Å². The lowest BCUT2D eigenvalue weighted by molar-refractivity contribution is -0.136. The molecule has 3 heterocycles. The van der Waals surface area contributed by atoms with E-state index in [-0.39, 0.29) is 23.8 Å². The molecule has 2 aliphatic heterocycles. The summed E-state index contributed by atoms with van der Waals surface area (Å²) >= 11 is 0. The van der Waals surface area contributed by atoms with Gasteiger partial charge in [-0.25, -0.2) is 0 Å². The summed E-state index contributed by atoms with van der Waals surface area (Å²) < 4.78 is 10.6. The first kappa shape index (κ1) is 17.5. The third-order valence-corrected chi connectivity index (χ3v) is 5.47. The molecule has 0 aromatic carbocycles. The van der Waals surface area contributed by atoms with Crippen LogP contribution >= 0.6 is 0 Å². The normalized spacial score (nSPS) is 26.9. The fourth-order valence-electron chi connectivity index (χ4n) is 3.69. The summed E-state index contributed by atoms with van der Waals surface area (Å²) in [7, 11) is 0. The number of hydrogen-bond acceptors (Lipinski definition) is 6. The van der Waals surface area contributed by atoms with Crippen LogP contribution in [0.15, 0.2) is 10.6 Å². The van der Waals surface area contributed by atoms with Gasteiger partial charge in [-0.05, 0) is 18.8 Å². The number of likely N-dealkylation sites (tertiary alicyclic amines) is 1. The zero-order valence-electron chi connectivity index (χ0n) is 15.1. The van der Waals surface area contributed by atoms with Crippen molar-refractivity contribution < 1.29 is 18.8 Å². The Bertz CT molecular complexity index is 666. The minimum Gasteiger partial charge on any atom is -0.378 e. The van der Waals surface area contributed by atoms with Crippen molar-refractivity contribution in [1.82, 2.24) is 20.3 Å². The SMILES string of the molecule is C[C@@H]1CN(CC(=O)N2CCOCC2)C[C@H]1NC(=O)c1cc(C2CC2)on1. The molecular formula is C18H26N4O4. The topological polar surface area (TPSA) is 87.9 Å². The summed E-state index contributed by atoms with van der Waals surface area (Å²) in [5.74, 6) is 1.48. The summed E-state index contributed by atoms with van der Waals surface area (Å²) in [6.07, 6.45) is 2.23. The van der Waals surface area contributed by atoms with Crippen molar-refractivity contribution in [2.75, 3.05) is 45.9 Å². The molecule has 3 aliphatic rings. The standard InChI is InChI=1S/C18H26N4O4/c1-12-9-21(11-17(23)22-4-6-25-7-5-22)10-15(12)19-18(24)14-8-16(26-20-14)13-2-3-13/h8,12-13,15H,2-7,9-11H2,1H3,(H,19,24)/t12-,15-/m1/s1. The molecule has 0 radical (unpaired) electrons. The van der Waals surface area contributed by atoms with Gasteiger partial charge in [0.05, 0.1) is 19.8 Å². The molecule has 4 rings (SSSR count). The highest BCUT2D eigenvalue weighted by molar-refractivity contribution is 5.92.